The van der Waals surface area contributed by atoms with Crippen LogP contribution in [-0.4, -0.2) is 12.7 Å². The molecule has 2 aromatic carbocycles. The molecule has 0 aliphatic carbocycles. The molecule has 20 heavy (non-hydrogen) atoms. The van der Waals surface area contributed by atoms with Crippen molar-refractivity contribution in [2.24, 2.45) is 0 Å². The first-order valence-electron chi connectivity index (χ1n) is 5.79. The van der Waals surface area contributed by atoms with Gasteiger partial charge in [0.05, 0.1) is 5.69 Å². The SMILES string of the molecule is O=C(Nc1cc(F)ccc1F)c1ccc2c(c1)OCO2. The van der Waals surface area contributed by atoms with Crippen LogP contribution >= 0.6 is 0 Å². The zero-order valence-corrected chi connectivity index (χ0v) is 10.2. The van der Waals surface area contributed by atoms with Gasteiger partial charge in [0.15, 0.2) is 11.5 Å². The van der Waals surface area contributed by atoms with Crippen molar-refractivity contribution < 1.29 is 23.0 Å². The number of carbonyl (C=O) groups is 1. The third-order valence-corrected chi connectivity index (χ3v) is 2.81. The molecule has 0 atom stereocenters. The van der Waals surface area contributed by atoms with E-state index in [1.807, 2.05) is 0 Å². The molecule has 1 aliphatic heterocycles. The first-order chi connectivity index (χ1) is 9.63. The first-order valence-corrected chi connectivity index (χ1v) is 5.79. The number of fused-ring (bicyclic) bond motifs is 1. The Morgan fingerprint density at radius 1 is 1.05 bits per heavy atom. The summed E-state index contributed by atoms with van der Waals surface area (Å²) in [5.41, 5.74) is 0.0468. The number of carbonyl (C=O) groups excluding carboxylic acids is 1. The maximum atomic E-state index is 13.4. The lowest BCUT2D eigenvalue weighted by Crippen LogP contribution is -2.13. The summed E-state index contributed by atoms with van der Waals surface area (Å²) in [5.74, 6) is -0.920. The van der Waals surface area contributed by atoms with E-state index in [9.17, 15) is 13.6 Å². The Morgan fingerprint density at radius 3 is 2.70 bits per heavy atom. The second-order valence-corrected chi connectivity index (χ2v) is 4.15. The van der Waals surface area contributed by atoms with E-state index in [0.29, 0.717) is 11.5 Å². The number of ether oxygens (including phenoxy) is 2. The van der Waals surface area contributed by atoms with Gasteiger partial charge in [-0.25, -0.2) is 8.78 Å². The summed E-state index contributed by atoms with van der Waals surface area (Å²) < 4.78 is 36.7. The number of benzene rings is 2. The average Bonchev–Trinajstić information content (AvgIpc) is 2.90. The van der Waals surface area contributed by atoms with Crippen LogP contribution in [0.25, 0.3) is 0 Å². The second kappa shape index (κ2) is 4.80. The van der Waals surface area contributed by atoms with Crippen molar-refractivity contribution in [3.05, 3.63) is 53.6 Å². The van der Waals surface area contributed by atoms with Crippen molar-refractivity contribution in [3.63, 3.8) is 0 Å². The van der Waals surface area contributed by atoms with Crippen molar-refractivity contribution in [2.75, 3.05) is 12.1 Å². The lowest BCUT2D eigenvalue weighted by Gasteiger charge is -2.07. The molecule has 0 unspecified atom stereocenters. The van der Waals surface area contributed by atoms with Crippen LogP contribution in [0.3, 0.4) is 0 Å². The van der Waals surface area contributed by atoms with Crippen molar-refractivity contribution >= 4 is 11.6 Å². The highest BCUT2D eigenvalue weighted by Crippen LogP contribution is 2.32. The Balaban J connectivity index is 1.84. The maximum absolute atomic E-state index is 13.4. The van der Waals surface area contributed by atoms with E-state index in [1.165, 1.54) is 12.1 Å². The van der Waals surface area contributed by atoms with Gasteiger partial charge in [0, 0.05) is 11.6 Å². The van der Waals surface area contributed by atoms with Crippen molar-refractivity contribution in [3.8, 4) is 11.5 Å². The second-order valence-electron chi connectivity index (χ2n) is 4.15. The Morgan fingerprint density at radius 2 is 1.85 bits per heavy atom. The summed E-state index contributed by atoms with van der Waals surface area (Å²) >= 11 is 0. The summed E-state index contributed by atoms with van der Waals surface area (Å²) in [6, 6.07) is 7.42. The predicted molar refractivity (Wildman–Crippen MR) is 66.9 cm³/mol. The fraction of sp³-hybridized carbons (Fsp3) is 0.0714. The average molecular weight is 277 g/mol. The quantitative estimate of drug-likeness (QED) is 0.918. The molecule has 0 saturated heterocycles. The number of nitrogens with one attached hydrogen (secondary N) is 1. The van der Waals surface area contributed by atoms with Crippen LogP contribution < -0.4 is 14.8 Å². The Hall–Kier alpha value is -2.63. The molecule has 6 heteroatoms. The van der Waals surface area contributed by atoms with Gasteiger partial charge in [-0.2, -0.15) is 0 Å². The molecule has 0 bridgehead atoms. The van der Waals surface area contributed by atoms with Crippen molar-refractivity contribution in [1.29, 1.82) is 0 Å². The minimum absolute atomic E-state index is 0.0962. The Bertz CT molecular complexity index is 688. The van der Waals surface area contributed by atoms with Crippen LogP contribution in [0.2, 0.25) is 0 Å². The molecule has 0 spiro atoms. The van der Waals surface area contributed by atoms with Gasteiger partial charge in [0.1, 0.15) is 11.6 Å². The highest BCUT2D eigenvalue weighted by molar-refractivity contribution is 6.04. The van der Waals surface area contributed by atoms with Gasteiger partial charge in [0.2, 0.25) is 6.79 Å². The van der Waals surface area contributed by atoms with E-state index in [-0.39, 0.29) is 18.0 Å². The van der Waals surface area contributed by atoms with Gasteiger partial charge >= 0.3 is 0 Å². The fourth-order valence-corrected chi connectivity index (χ4v) is 1.83. The van der Waals surface area contributed by atoms with Gasteiger partial charge in [-0.1, -0.05) is 0 Å². The number of anilines is 1. The molecular formula is C14H9F2NO3. The lowest BCUT2D eigenvalue weighted by atomic mass is 10.2. The van der Waals surface area contributed by atoms with Crippen LogP contribution in [0.15, 0.2) is 36.4 Å². The van der Waals surface area contributed by atoms with Crippen molar-refractivity contribution in [2.45, 2.75) is 0 Å². The third-order valence-electron chi connectivity index (χ3n) is 2.81. The molecule has 1 aliphatic rings. The molecule has 0 radical (unpaired) electrons. The normalized spacial score (nSPS) is 12.3. The zero-order valence-electron chi connectivity index (χ0n) is 10.2. The highest BCUT2D eigenvalue weighted by atomic mass is 19.1. The van der Waals surface area contributed by atoms with Gasteiger partial charge in [-0.05, 0) is 30.3 Å². The van der Waals surface area contributed by atoms with Crippen LogP contribution in [-0.2, 0) is 0 Å². The van der Waals surface area contributed by atoms with E-state index in [0.717, 1.165) is 18.2 Å². The topological polar surface area (TPSA) is 47.6 Å². The molecule has 1 amide bonds. The maximum Gasteiger partial charge on any atom is 0.255 e. The molecule has 0 aromatic heterocycles. The van der Waals surface area contributed by atoms with Crippen LogP contribution in [0.1, 0.15) is 10.4 Å². The summed E-state index contributed by atoms with van der Waals surface area (Å²) in [6.07, 6.45) is 0. The van der Waals surface area contributed by atoms with Gasteiger partial charge in [-0.15, -0.1) is 0 Å². The smallest absolute Gasteiger partial charge is 0.255 e. The van der Waals surface area contributed by atoms with Gasteiger partial charge in [-0.3, -0.25) is 4.79 Å². The zero-order chi connectivity index (χ0) is 14.1. The molecule has 102 valence electrons. The van der Waals surface area contributed by atoms with Crippen molar-refractivity contribution in [1.82, 2.24) is 0 Å². The minimum atomic E-state index is -0.708. The van der Waals surface area contributed by atoms with E-state index in [1.54, 1.807) is 6.07 Å². The standard InChI is InChI=1S/C14H9F2NO3/c15-9-2-3-10(16)11(6-9)17-14(18)8-1-4-12-13(5-8)20-7-19-12/h1-6H,7H2,(H,17,18). The minimum Gasteiger partial charge on any atom is -0.454 e. The molecule has 2 aromatic rings. The van der Waals surface area contributed by atoms with E-state index >= 15 is 0 Å². The Labute approximate surface area is 112 Å². The van der Waals surface area contributed by atoms with Gasteiger partial charge in [0.25, 0.3) is 5.91 Å². The molecule has 0 fully saturated rings. The summed E-state index contributed by atoms with van der Waals surface area (Å²) in [5, 5.41) is 2.31. The number of hydrogen-bond acceptors (Lipinski definition) is 3. The van der Waals surface area contributed by atoms with Crippen LogP contribution in [0, 0.1) is 11.6 Å². The van der Waals surface area contributed by atoms with E-state index in [4.69, 9.17) is 9.47 Å². The highest BCUT2D eigenvalue weighted by Gasteiger charge is 2.17. The number of rotatable bonds is 2. The lowest BCUT2D eigenvalue weighted by molar-refractivity contribution is 0.102. The first kappa shape index (κ1) is 12.4. The van der Waals surface area contributed by atoms with E-state index in [2.05, 4.69) is 5.32 Å². The summed E-state index contributed by atoms with van der Waals surface area (Å²) in [4.78, 5) is 12.0. The van der Waals surface area contributed by atoms with E-state index < -0.39 is 17.5 Å². The molecule has 1 N–H and O–H groups in total. The summed E-state index contributed by atoms with van der Waals surface area (Å²) in [7, 11) is 0. The third kappa shape index (κ3) is 2.27. The molecule has 1 heterocycles. The number of halogens is 2. The van der Waals surface area contributed by atoms with Crippen LogP contribution in [0.5, 0.6) is 11.5 Å². The molecule has 4 nitrogen and oxygen atoms in total. The Kier molecular flexibility index (Phi) is 2.98. The predicted octanol–water partition coefficient (Wildman–Crippen LogP) is 2.95. The number of hydrogen-bond donors (Lipinski definition) is 1. The molecule has 3 rings (SSSR count). The molecular weight excluding hydrogens is 268 g/mol. The number of amides is 1. The van der Waals surface area contributed by atoms with Gasteiger partial charge < -0.3 is 14.8 Å². The largest absolute Gasteiger partial charge is 0.454 e. The fourth-order valence-electron chi connectivity index (χ4n) is 1.83. The monoisotopic (exact) mass is 277 g/mol. The van der Waals surface area contributed by atoms with Crippen LogP contribution in [0.4, 0.5) is 14.5 Å². The molecule has 0 saturated carbocycles. The summed E-state index contributed by atoms with van der Waals surface area (Å²) in [6.45, 7) is 0.0962.